The maximum absolute atomic E-state index is 11.8. The summed E-state index contributed by atoms with van der Waals surface area (Å²) in [5.74, 6) is 1.18. The first kappa shape index (κ1) is 15.3. The van der Waals surface area contributed by atoms with Gasteiger partial charge in [-0.3, -0.25) is 4.79 Å². The number of hydrogen-bond donors (Lipinski definition) is 0. The molecule has 0 aliphatic heterocycles. The van der Waals surface area contributed by atoms with Crippen molar-refractivity contribution < 1.29 is 9.53 Å². The molecular formula is C16H23NO2. The van der Waals surface area contributed by atoms with Gasteiger partial charge in [-0.05, 0) is 30.5 Å². The molecule has 0 aliphatic rings. The maximum Gasteiger partial charge on any atom is 0.197 e. The summed E-state index contributed by atoms with van der Waals surface area (Å²) >= 11 is 0. The van der Waals surface area contributed by atoms with Gasteiger partial charge in [-0.15, -0.1) is 0 Å². The van der Waals surface area contributed by atoms with Crippen molar-refractivity contribution in [1.82, 2.24) is 4.90 Å². The van der Waals surface area contributed by atoms with Crippen LogP contribution in [0.4, 0.5) is 0 Å². The summed E-state index contributed by atoms with van der Waals surface area (Å²) < 4.78 is 5.62. The smallest absolute Gasteiger partial charge is 0.197 e. The van der Waals surface area contributed by atoms with Gasteiger partial charge in [0.15, 0.2) is 11.9 Å². The Bertz CT molecular complexity index is 433. The molecule has 0 aromatic heterocycles. The lowest BCUT2D eigenvalue weighted by Crippen LogP contribution is -2.22. The fourth-order valence-electron chi connectivity index (χ4n) is 1.55. The van der Waals surface area contributed by atoms with Crippen molar-refractivity contribution in [2.45, 2.75) is 32.8 Å². The molecule has 0 fully saturated rings. The number of rotatable bonds is 6. The molecule has 1 unspecified atom stereocenters. The Kier molecular flexibility index (Phi) is 5.61. The number of ketones is 1. The second kappa shape index (κ2) is 6.98. The molecule has 0 aliphatic carbocycles. The highest BCUT2D eigenvalue weighted by Crippen LogP contribution is 2.19. The monoisotopic (exact) mass is 261 g/mol. The molecule has 19 heavy (non-hydrogen) atoms. The predicted molar refractivity (Wildman–Crippen MR) is 78.5 cm³/mol. The zero-order valence-electron chi connectivity index (χ0n) is 12.4. The van der Waals surface area contributed by atoms with Crippen LogP contribution < -0.4 is 4.74 Å². The summed E-state index contributed by atoms with van der Waals surface area (Å²) in [7, 11) is 3.75. The highest BCUT2D eigenvalue weighted by Gasteiger charge is 2.11. The third kappa shape index (κ3) is 5.16. The van der Waals surface area contributed by atoms with Crippen molar-refractivity contribution >= 4 is 5.78 Å². The van der Waals surface area contributed by atoms with Gasteiger partial charge in [0, 0.05) is 26.4 Å². The normalized spacial score (nSPS) is 12.7. The molecule has 0 N–H and O–H groups in total. The van der Waals surface area contributed by atoms with Crippen LogP contribution in [0.15, 0.2) is 36.5 Å². The Labute approximate surface area is 115 Å². The second-order valence-corrected chi connectivity index (χ2v) is 5.17. The summed E-state index contributed by atoms with van der Waals surface area (Å²) in [4.78, 5) is 13.6. The van der Waals surface area contributed by atoms with Gasteiger partial charge < -0.3 is 9.64 Å². The Balaban J connectivity index is 2.61. The van der Waals surface area contributed by atoms with E-state index in [1.165, 1.54) is 11.6 Å². The van der Waals surface area contributed by atoms with E-state index in [1.54, 1.807) is 13.1 Å². The minimum absolute atomic E-state index is 0.0402. The summed E-state index contributed by atoms with van der Waals surface area (Å²) in [5.41, 5.74) is 1.26. The Morgan fingerprint density at radius 2 is 1.74 bits per heavy atom. The first-order valence-corrected chi connectivity index (χ1v) is 6.55. The van der Waals surface area contributed by atoms with Crippen molar-refractivity contribution in [2.24, 2.45) is 0 Å². The zero-order valence-corrected chi connectivity index (χ0v) is 12.4. The van der Waals surface area contributed by atoms with Crippen molar-refractivity contribution in [2.75, 3.05) is 14.1 Å². The molecule has 0 spiro atoms. The van der Waals surface area contributed by atoms with Gasteiger partial charge in [0.25, 0.3) is 0 Å². The Hall–Kier alpha value is -1.77. The molecule has 0 radical (unpaired) electrons. The van der Waals surface area contributed by atoms with Gasteiger partial charge in [-0.1, -0.05) is 26.0 Å². The predicted octanol–water partition coefficient (Wildman–Crippen LogP) is 3.22. The fourth-order valence-corrected chi connectivity index (χ4v) is 1.55. The molecule has 1 rings (SSSR count). The standard InChI is InChI=1S/C16H23NO2/c1-12(2)14-6-8-15(9-7-14)19-13(3)16(18)10-11-17(4)5/h6-13H,1-5H3. The molecule has 0 heterocycles. The van der Waals surface area contributed by atoms with Crippen molar-refractivity contribution in [1.29, 1.82) is 0 Å². The molecule has 0 bridgehead atoms. The summed E-state index contributed by atoms with van der Waals surface area (Å²) in [6.45, 7) is 6.06. The second-order valence-electron chi connectivity index (χ2n) is 5.17. The SMILES string of the molecule is CC(Oc1ccc(C(C)C)cc1)C(=O)C=CN(C)C. The van der Waals surface area contributed by atoms with E-state index in [2.05, 4.69) is 13.8 Å². The van der Waals surface area contributed by atoms with Crippen LogP contribution in [0.3, 0.4) is 0 Å². The zero-order chi connectivity index (χ0) is 14.4. The molecule has 1 atom stereocenters. The van der Waals surface area contributed by atoms with Crippen LogP contribution in [0.2, 0.25) is 0 Å². The van der Waals surface area contributed by atoms with Crippen molar-refractivity contribution in [3.63, 3.8) is 0 Å². The quantitative estimate of drug-likeness (QED) is 0.736. The van der Waals surface area contributed by atoms with Gasteiger partial charge in [0.2, 0.25) is 0 Å². The van der Waals surface area contributed by atoms with Crippen LogP contribution in [0, 0.1) is 0 Å². The average molecular weight is 261 g/mol. The number of nitrogens with zero attached hydrogens (tertiary/aromatic N) is 1. The summed E-state index contributed by atoms with van der Waals surface area (Å²) in [5, 5.41) is 0. The Morgan fingerprint density at radius 3 is 2.21 bits per heavy atom. The summed E-state index contributed by atoms with van der Waals surface area (Å²) in [6.07, 6.45) is 2.79. The topological polar surface area (TPSA) is 29.5 Å². The van der Waals surface area contributed by atoms with Gasteiger partial charge in [0.1, 0.15) is 5.75 Å². The van der Waals surface area contributed by atoms with Crippen LogP contribution >= 0.6 is 0 Å². The lowest BCUT2D eigenvalue weighted by Gasteiger charge is -2.13. The van der Waals surface area contributed by atoms with E-state index in [0.717, 1.165) is 5.75 Å². The lowest BCUT2D eigenvalue weighted by molar-refractivity contribution is -0.120. The van der Waals surface area contributed by atoms with Gasteiger partial charge in [-0.25, -0.2) is 0 Å². The molecule has 3 heteroatoms. The van der Waals surface area contributed by atoms with Crippen molar-refractivity contribution in [3.8, 4) is 5.75 Å². The lowest BCUT2D eigenvalue weighted by atomic mass is 10.0. The largest absolute Gasteiger partial charge is 0.483 e. The molecule has 0 saturated carbocycles. The first-order valence-electron chi connectivity index (χ1n) is 6.55. The van der Waals surface area contributed by atoms with E-state index >= 15 is 0 Å². The van der Waals surface area contributed by atoms with E-state index in [4.69, 9.17) is 4.74 Å². The maximum atomic E-state index is 11.8. The third-order valence-corrected chi connectivity index (χ3v) is 2.80. The van der Waals surface area contributed by atoms with E-state index in [-0.39, 0.29) is 5.78 Å². The molecule has 1 aromatic rings. The van der Waals surface area contributed by atoms with E-state index in [0.29, 0.717) is 5.92 Å². The number of ether oxygens (including phenoxy) is 1. The molecule has 104 valence electrons. The minimum atomic E-state index is -0.471. The van der Waals surface area contributed by atoms with E-state index in [9.17, 15) is 4.79 Å². The number of carbonyl (C=O) groups is 1. The van der Waals surface area contributed by atoms with Crippen LogP contribution in [0.25, 0.3) is 0 Å². The number of hydrogen-bond acceptors (Lipinski definition) is 3. The third-order valence-electron chi connectivity index (χ3n) is 2.80. The van der Waals surface area contributed by atoms with Gasteiger partial charge in [0.05, 0.1) is 0 Å². The molecule has 1 aromatic carbocycles. The molecule has 0 amide bonds. The fraction of sp³-hybridized carbons (Fsp3) is 0.438. The molecular weight excluding hydrogens is 238 g/mol. The highest BCUT2D eigenvalue weighted by molar-refractivity contribution is 5.93. The van der Waals surface area contributed by atoms with Gasteiger partial charge >= 0.3 is 0 Å². The van der Waals surface area contributed by atoms with Crippen LogP contribution in [-0.2, 0) is 4.79 Å². The Morgan fingerprint density at radius 1 is 1.16 bits per heavy atom. The van der Waals surface area contributed by atoms with E-state index in [1.807, 2.05) is 43.3 Å². The average Bonchev–Trinajstić information content (AvgIpc) is 2.36. The molecule has 0 saturated heterocycles. The first-order chi connectivity index (χ1) is 8.90. The van der Waals surface area contributed by atoms with Crippen LogP contribution in [0.5, 0.6) is 5.75 Å². The minimum Gasteiger partial charge on any atom is -0.483 e. The number of carbonyl (C=O) groups excluding carboxylic acids is 1. The number of benzene rings is 1. The van der Waals surface area contributed by atoms with Crippen LogP contribution in [0.1, 0.15) is 32.3 Å². The molecule has 3 nitrogen and oxygen atoms in total. The van der Waals surface area contributed by atoms with Gasteiger partial charge in [-0.2, -0.15) is 0 Å². The highest BCUT2D eigenvalue weighted by atomic mass is 16.5. The van der Waals surface area contributed by atoms with Crippen LogP contribution in [-0.4, -0.2) is 30.9 Å². The van der Waals surface area contributed by atoms with E-state index < -0.39 is 6.10 Å². The van der Waals surface area contributed by atoms with Crippen molar-refractivity contribution in [3.05, 3.63) is 42.1 Å². The summed E-state index contributed by atoms with van der Waals surface area (Å²) in [6, 6.07) is 7.89.